The first-order chi connectivity index (χ1) is 17.1. The summed E-state index contributed by atoms with van der Waals surface area (Å²) in [7, 11) is 0. The molecule has 2 amide bonds. The van der Waals surface area contributed by atoms with Crippen LogP contribution >= 0.6 is 0 Å². The number of nitrogens with zero attached hydrogens (tertiary/aromatic N) is 5. The smallest absolute Gasteiger partial charge is 0.410 e. The molecule has 0 radical (unpaired) electrons. The molecule has 2 aliphatic heterocycles. The van der Waals surface area contributed by atoms with Crippen LogP contribution in [-0.2, 0) is 4.74 Å². The first-order valence-electron chi connectivity index (χ1n) is 13.2. The van der Waals surface area contributed by atoms with Crippen LogP contribution in [0.2, 0.25) is 0 Å². The molecule has 2 aromatic rings. The standard InChI is InChI=1S/C28H41N5O3/c1-7-30-14-16-31(17-15-30)26(34)23-19-29-33(24-9-8-20(2)18-21(24)3)25(23)22-10-12-32(13-11-22)27(35)36-28(4,5)6/h8-9,18-19,22H,7,10-17H2,1-6H3. The van der Waals surface area contributed by atoms with Crippen LogP contribution in [0.1, 0.15) is 73.6 Å². The third-order valence-corrected chi connectivity index (χ3v) is 7.26. The van der Waals surface area contributed by atoms with Gasteiger partial charge in [0.2, 0.25) is 0 Å². The van der Waals surface area contributed by atoms with Crippen LogP contribution in [0.3, 0.4) is 0 Å². The van der Waals surface area contributed by atoms with Crippen molar-refractivity contribution in [2.45, 2.75) is 65.9 Å². The Kier molecular flexibility index (Phi) is 7.73. The predicted octanol–water partition coefficient (Wildman–Crippen LogP) is 4.38. The van der Waals surface area contributed by atoms with Gasteiger partial charge in [-0.1, -0.05) is 24.6 Å². The molecule has 2 saturated heterocycles. The largest absolute Gasteiger partial charge is 0.444 e. The van der Waals surface area contributed by atoms with Crippen LogP contribution in [-0.4, -0.2) is 87.9 Å². The molecule has 196 valence electrons. The van der Waals surface area contributed by atoms with Crippen molar-refractivity contribution in [1.82, 2.24) is 24.5 Å². The Morgan fingerprint density at radius 2 is 1.67 bits per heavy atom. The number of piperidine rings is 1. The number of ether oxygens (including phenoxy) is 1. The molecule has 0 saturated carbocycles. The van der Waals surface area contributed by atoms with Gasteiger partial charge in [-0.05, 0) is 65.6 Å². The summed E-state index contributed by atoms with van der Waals surface area (Å²) in [6, 6.07) is 6.33. The lowest BCUT2D eigenvalue weighted by molar-refractivity contribution is 0.0202. The average Bonchev–Trinajstić information content (AvgIpc) is 3.27. The van der Waals surface area contributed by atoms with E-state index in [1.165, 1.54) is 5.56 Å². The highest BCUT2D eigenvalue weighted by Gasteiger charge is 2.34. The number of carbonyl (C=O) groups excluding carboxylic acids is 2. The van der Waals surface area contributed by atoms with Crippen molar-refractivity contribution in [1.29, 1.82) is 0 Å². The zero-order chi connectivity index (χ0) is 26.0. The van der Waals surface area contributed by atoms with E-state index in [2.05, 4.69) is 43.9 Å². The molecular formula is C28H41N5O3. The van der Waals surface area contributed by atoms with Gasteiger partial charge in [0.05, 0.1) is 23.1 Å². The molecule has 0 spiro atoms. The van der Waals surface area contributed by atoms with Crippen LogP contribution in [0.4, 0.5) is 4.79 Å². The van der Waals surface area contributed by atoms with Gasteiger partial charge in [-0.15, -0.1) is 0 Å². The maximum Gasteiger partial charge on any atom is 0.410 e. The highest BCUT2D eigenvalue weighted by Crippen LogP contribution is 2.34. The third-order valence-electron chi connectivity index (χ3n) is 7.26. The summed E-state index contributed by atoms with van der Waals surface area (Å²) >= 11 is 0. The monoisotopic (exact) mass is 495 g/mol. The van der Waals surface area contributed by atoms with E-state index in [9.17, 15) is 9.59 Å². The fourth-order valence-corrected chi connectivity index (χ4v) is 5.25. The van der Waals surface area contributed by atoms with Crippen LogP contribution < -0.4 is 0 Å². The number of carbonyl (C=O) groups is 2. The molecule has 36 heavy (non-hydrogen) atoms. The van der Waals surface area contributed by atoms with Crippen LogP contribution in [0.15, 0.2) is 24.4 Å². The van der Waals surface area contributed by atoms with Gasteiger partial charge in [-0.25, -0.2) is 9.48 Å². The van der Waals surface area contributed by atoms with Gasteiger partial charge in [0.15, 0.2) is 0 Å². The average molecular weight is 496 g/mol. The van der Waals surface area contributed by atoms with E-state index in [1.807, 2.05) is 30.4 Å². The summed E-state index contributed by atoms with van der Waals surface area (Å²) in [5.41, 5.74) is 4.46. The lowest BCUT2D eigenvalue weighted by atomic mass is 9.90. The number of aryl methyl sites for hydroxylation is 2. The topological polar surface area (TPSA) is 70.9 Å². The van der Waals surface area contributed by atoms with E-state index < -0.39 is 5.60 Å². The number of rotatable bonds is 4. The van der Waals surface area contributed by atoms with E-state index in [4.69, 9.17) is 9.84 Å². The van der Waals surface area contributed by atoms with Gasteiger partial charge < -0.3 is 19.4 Å². The summed E-state index contributed by atoms with van der Waals surface area (Å²) < 4.78 is 7.56. The van der Waals surface area contributed by atoms with Gasteiger partial charge >= 0.3 is 6.09 Å². The van der Waals surface area contributed by atoms with Crippen molar-refractivity contribution in [3.63, 3.8) is 0 Å². The third kappa shape index (κ3) is 5.75. The quantitative estimate of drug-likeness (QED) is 0.630. The first-order valence-corrected chi connectivity index (χ1v) is 13.2. The minimum Gasteiger partial charge on any atom is -0.444 e. The highest BCUT2D eigenvalue weighted by atomic mass is 16.6. The summed E-state index contributed by atoms with van der Waals surface area (Å²) in [4.78, 5) is 32.5. The van der Waals surface area contributed by atoms with E-state index >= 15 is 0 Å². The molecule has 0 bridgehead atoms. The van der Waals surface area contributed by atoms with Crippen molar-refractivity contribution in [2.75, 3.05) is 45.8 Å². The fourth-order valence-electron chi connectivity index (χ4n) is 5.25. The number of likely N-dealkylation sites (N-methyl/N-ethyl adjacent to an activating group) is 1. The van der Waals surface area contributed by atoms with Crippen LogP contribution in [0.5, 0.6) is 0 Å². The Labute approximate surface area is 215 Å². The van der Waals surface area contributed by atoms with E-state index in [0.717, 1.165) is 62.5 Å². The minimum atomic E-state index is -0.517. The maximum absolute atomic E-state index is 13.7. The number of hydrogen-bond acceptors (Lipinski definition) is 5. The molecule has 8 heteroatoms. The molecule has 0 unspecified atom stereocenters. The Morgan fingerprint density at radius 3 is 2.25 bits per heavy atom. The maximum atomic E-state index is 13.7. The SMILES string of the molecule is CCN1CCN(C(=O)c2cnn(-c3ccc(C)cc3C)c2C2CCN(C(=O)OC(C)(C)C)CC2)CC1. The van der Waals surface area contributed by atoms with Crippen molar-refractivity contribution in [3.8, 4) is 5.69 Å². The Bertz CT molecular complexity index is 1090. The molecule has 1 aromatic carbocycles. The highest BCUT2D eigenvalue weighted by molar-refractivity contribution is 5.95. The Morgan fingerprint density at radius 1 is 1.00 bits per heavy atom. The molecule has 0 N–H and O–H groups in total. The van der Waals surface area contributed by atoms with Gasteiger partial charge in [-0.3, -0.25) is 4.79 Å². The molecule has 4 rings (SSSR count). The minimum absolute atomic E-state index is 0.0614. The first kappa shape index (κ1) is 26.2. The normalized spacial score (nSPS) is 17.9. The second-order valence-electron chi connectivity index (χ2n) is 11.1. The number of likely N-dealkylation sites (tertiary alicyclic amines) is 1. The zero-order valence-corrected chi connectivity index (χ0v) is 22.7. The van der Waals surface area contributed by atoms with E-state index in [0.29, 0.717) is 18.7 Å². The molecule has 8 nitrogen and oxygen atoms in total. The van der Waals surface area contributed by atoms with Crippen molar-refractivity contribution in [3.05, 3.63) is 46.8 Å². The van der Waals surface area contributed by atoms with E-state index in [-0.39, 0.29) is 17.9 Å². The predicted molar refractivity (Wildman–Crippen MR) is 141 cm³/mol. The van der Waals surface area contributed by atoms with Gasteiger partial charge in [0.1, 0.15) is 5.60 Å². The Balaban J connectivity index is 1.62. The summed E-state index contributed by atoms with van der Waals surface area (Å²) in [6.45, 7) is 17.5. The summed E-state index contributed by atoms with van der Waals surface area (Å²) in [5, 5.41) is 4.76. The molecule has 2 aliphatic rings. The number of benzene rings is 1. The molecular weight excluding hydrogens is 454 g/mol. The fraction of sp³-hybridized carbons (Fsp3) is 0.607. The van der Waals surface area contributed by atoms with Crippen molar-refractivity contribution >= 4 is 12.0 Å². The van der Waals surface area contributed by atoms with Crippen molar-refractivity contribution in [2.24, 2.45) is 0 Å². The van der Waals surface area contributed by atoms with E-state index in [1.54, 1.807) is 11.1 Å². The number of aromatic nitrogens is 2. The second kappa shape index (κ2) is 10.6. The molecule has 2 fully saturated rings. The summed E-state index contributed by atoms with van der Waals surface area (Å²) in [6.07, 6.45) is 3.01. The van der Waals surface area contributed by atoms with Gasteiger partial charge in [0, 0.05) is 45.2 Å². The molecule has 0 atom stereocenters. The van der Waals surface area contributed by atoms with Gasteiger partial charge in [-0.2, -0.15) is 5.10 Å². The number of amides is 2. The van der Waals surface area contributed by atoms with Crippen molar-refractivity contribution < 1.29 is 14.3 Å². The molecule has 3 heterocycles. The number of hydrogen-bond donors (Lipinski definition) is 0. The lowest BCUT2D eigenvalue weighted by Gasteiger charge is -2.35. The summed E-state index contributed by atoms with van der Waals surface area (Å²) in [5.74, 6) is 0.189. The molecule has 0 aliphatic carbocycles. The van der Waals surface area contributed by atoms with Crippen LogP contribution in [0, 0.1) is 13.8 Å². The zero-order valence-electron chi connectivity index (χ0n) is 22.7. The number of piperazine rings is 1. The lowest BCUT2D eigenvalue weighted by Crippen LogP contribution is -2.48. The Hall–Kier alpha value is -2.87. The van der Waals surface area contributed by atoms with Gasteiger partial charge in [0.25, 0.3) is 5.91 Å². The second-order valence-corrected chi connectivity index (χ2v) is 11.1. The van der Waals surface area contributed by atoms with Crippen LogP contribution in [0.25, 0.3) is 5.69 Å². The molecule has 1 aromatic heterocycles.